The standard InChI is InChI=1S/C20H33N/c1-15(2)19(16-9-7-6-8-10-16)21-18-13-11-17(12-14-18)20(3,4)5/h6-10,15,17-19,21H,11-14H2,1-5H3. The summed E-state index contributed by atoms with van der Waals surface area (Å²) in [7, 11) is 0. The van der Waals surface area contributed by atoms with Crippen LogP contribution in [-0.2, 0) is 0 Å². The molecule has 118 valence electrons. The highest BCUT2D eigenvalue weighted by Gasteiger charge is 2.30. The van der Waals surface area contributed by atoms with Gasteiger partial charge < -0.3 is 5.32 Å². The van der Waals surface area contributed by atoms with Crippen molar-refractivity contribution in [1.29, 1.82) is 0 Å². The van der Waals surface area contributed by atoms with Crippen LogP contribution in [0, 0.1) is 17.3 Å². The van der Waals surface area contributed by atoms with Gasteiger partial charge in [-0.05, 0) is 48.5 Å². The molecule has 2 rings (SSSR count). The molecule has 1 aliphatic carbocycles. The summed E-state index contributed by atoms with van der Waals surface area (Å²) in [4.78, 5) is 0. The predicted molar refractivity (Wildman–Crippen MR) is 92.4 cm³/mol. The average Bonchev–Trinajstić information content (AvgIpc) is 2.45. The molecule has 1 aromatic rings. The Morgan fingerprint density at radius 3 is 2.00 bits per heavy atom. The van der Waals surface area contributed by atoms with Crippen molar-refractivity contribution in [2.75, 3.05) is 0 Å². The molecular weight excluding hydrogens is 254 g/mol. The quantitative estimate of drug-likeness (QED) is 0.762. The third kappa shape index (κ3) is 4.57. The highest BCUT2D eigenvalue weighted by Crippen LogP contribution is 2.38. The molecule has 1 fully saturated rings. The normalized spacial score (nSPS) is 25.0. The minimum Gasteiger partial charge on any atom is -0.307 e. The van der Waals surface area contributed by atoms with Gasteiger partial charge in [0, 0.05) is 12.1 Å². The van der Waals surface area contributed by atoms with Gasteiger partial charge in [0.2, 0.25) is 0 Å². The Kier molecular flexibility index (Phi) is 5.48. The zero-order chi connectivity index (χ0) is 15.5. The zero-order valence-corrected chi connectivity index (χ0v) is 14.5. The van der Waals surface area contributed by atoms with Gasteiger partial charge in [-0.15, -0.1) is 0 Å². The van der Waals surface area contributed by atoms with Crippen LogP contribution in [0.5, 0.6) is 0 Å². The lowest BCUT2D eigenvalue weighted by Crippen LogP contribution is -2.39. The molecule has 0 aliphatic heterocycles. The fourth-order valence-corrected chi connectivity index (χ4v) is 3.71. The fraction of sp³-hybridized carbons (Fsp3) is 0.700. The van der Waals surface area contributed by atoms with Gasteiger partial charge >= 0.3 is 0 Å². The summed E-state index contributed by atoms with van der Waals surface area (Å²) in [6.07, 6.45) is 5.41. The van der Waals surface area contributed by atoms with Crippen molar-refractivity contribution >= 4 is 0 Å². The Morgan fingerprint density at radius 2 is 1.52 bits per heavy atom. The van der Waals surface area contributed by atoms with Crippen LogP contribution >= 0.6 is 0 Å². The molecular formula is C20H33N. The Bertz CT molecular complexity index is 407. The van der Waals surface area contributed by atoms with Crippen LogP contribution < -0.4 is 5.32 Å². The van der Waals surface area contributed by atoms with Crippen LogP contribution in [0.15, 0.2) is 30.3 Å². The molecule has 0 radical (unpaired) electrons. The van der Waals surface area contributed by atoms with Crippen molar-refractivity contribution in [2.24, 2.45) is 17.3 Å². The third-order valence-corrected chi connectivity index (χ3v) is 5.19. The van der Waals surface area contributed by atoms with Crippen molar-refractivity contribution < 1.29 is 0 Å². The molecule has 0 amide bonds. The van der Waals surface area contributed by atoms with Crippen molar-refractivity contribution in [2.45, 2.75) is 72.4 Å². The molecule has 1 nitrogen and oxygen atoms in total. The minimum atomic E-state index is 0.474. The molecule has 0 bridgehead atoms. The van der Waals surface area contributed by atoms with Crippen molar-refractivity contribution in [3.05, 3.63) is 35.9 Å². The number of benzene rings is 1. The molecule has 1 atom stereocenters. The summed E-state index contributed by atoms with van der Waals surface area (Å²) in [5, 5.41) is 3.94. The third-order valence-electron chi connectivity index (χ3n) is 5.19. The monoisotopic (exact) mass is 287 g/mol. The van der Waals surface area contributed by atoms with E-state index < -0.39 is 0 Å². The molecule has 1 saturated carbocycles. The highest BCUT2D eigenvalue weighted by atomic mass is 15.0. The summed E-state index contributed by atoms with van der Waals surface area (Å²) in [6, 6.07) is 12.1. The molecule has 21 heavy (non-hydrogen) atoms. The summed E-state index contributed by atoms with van der Waals surface area (Å²) in [5.74, 6) is 1.53. The van der Waals surface area contributed by atoms with Crippen LogP contribution in [-0.4, -0.2) is 6.04 Å². The first kappa shape index (κ1) is 16.5. The molecule has 1 unspecified atom stereocenters. The van der Waals surface area contributed by atoms with E-state index in [9.17, 15) is 0 Å². The summed E-state index contributed by atoms with van der Waals surface area (Å²) in [5.41, 5.74) is 1.91. The van der Waals surface area contributed by atoms with Gasteiger partial charge in [0.25, 0.3) is 0 Å². The van der Waals surface area contributed by atoms with E-state index in [-0.39, 0.29) is 0 Å². The van der Waals surface area contributed by atoms with Crippen LogP contribution in [0.1, 0.15) is 71.9 Å². The van der Waals surface area contributed by atoms with Crippen molar-refractivity contribution in [3.8, 4) is 0 Å². The SMILES string of the molecule is CC(C)C(NC1CCC(C(C)(C)C)CC1)c1ccccc1. The van der Waals surface area contributed by atoms with Gasteiger partial charge in [-0.1, -0.05) is 65.0 Å². The molecule has 0 heterocycles. The van der Waals surface area contributed by atoms with E-state index in [0.717, 1.165) is 5.92 Å². The zero-order valence-electron chi connectivity index (χ0n) is 14.5. The number of hydrogen-bond acceptors (Lipinski definition) is 1. The van der Waals surface area contributed by atoms with Crippen LogP contribution in [0.4, 0.5) is 0 Å². The van der Waals surface area contributed by atoms with Gasteiger partial charge in [0.1, 0.15) is 0 Å². The molecule has 0 saturated heterocycles. The van der Waals surface area contributed by atoms with Gasteiger partial charge in [-0.25, -0.2) is 0 Å². The molecule has 1 heteroatoms. The molecule has 0 aromatic heterocycles. The van der Waals surface area contributed by atoms with Gasteiger partial charge in [0.15, 0.2) is 0 Å². The maximum atomic E-state index is 3.94. The van der Waals surface area contributed by atoms with E-state index in [0.29, 0.717) is 23.4 Å². The van der Waals surface area contributed by atoms with E-state index in [1.54, 1.807) is 0 Å². The largest absolute Gasteiger partial charge is 0.307 e. The number of nitrogens with one attached hydrogen (secondary N) is 1. The van der Waals surface area contributed by atoms with Gasteiger partial charge in [-0.2, -0.15) is 0 Å². The maximum absolute atomic E-state index is 3.94. The second kappa shape index (κ2) is 6.96. The first-order valence-corrected chi connectivity index (χ1v) is 8.69. The first-order chi connectivity index (χ1) is 9.88. The minimum absolute atomic E-state index is 0.474. The maximum Gasteiger partial charge on any atom is 0.0345 e. The van der Waals surface area contributed by atoms with Crippen molar-refractivity contribution in [3.63, 3.8) is 0 Å². The topological polar surface area (TPSA) is 12.0 Å². The summed E-state index contributed by atoms with van der Waals surface area (Å²) >= 11 is 0. The predicted octanol–water partition coefficient (Wildman–Crippen LogP) is 5.58. The van der Waals surface area contributed by atoms with Gasteiger partial charge in [0.05, 0.1) is 0 Å². The second-order valence-corrected chi connectivity index (χ2v) is 8.21. The Balaban J connectivity index is 1.94. The molecule has 1 aromatic carbocycles. The molecule has 1 aliphatic rings. The molecule has 1 N–H and O–H groups in total. The van der Waals surface area contributed by atoms with E-state index in [4.69, 9.17) is 0 Å². The smallest absolute Gasteiger partial charge is 0.0345 e. The second-order valence-electron chi connectivity index (χ2n) is 8.21. The molecule has 0 spiro atoms. The highest BCUT2D eigenvalue weighted by molar-refractivity contribution is 5.19. The van der Waals surface area contributed by atoms with Crippen molar-refractivity contribution in [1.82, 2.24) is 5.32 Å². The average molecular weight is 287 g/mol. The van der Waals surface area contributed by atoms with Crippen LogP contribution in [0.2, 0.25) is 0 Å². The van der Waals surface area contributed by atoms with Crippen LogP contribution in [0.3, 0.4) is 0 Å². The lowest BCUT2D eigenvalue weighted by atomic mass is 9.71. The number of hydrogen-bond donors (Lipinski definition) is 1. The number of rotatable bonds is 4. The van der Waals surface area contributed by atoms with E-state index in [2.05, 4.69) is 70.3 Å². The van der Waals surface area contributed by atoms with Gasteiger partial charge in [-0.3, -0.25) is 0 Å². The van der Waals surface area contributed by atoms with E-state index >= 15 is 0 Å². The van der Waals surface area contributed by atoms with E-state index in [1.165, 1.54) is 31.2 Å². The Morgan fingerprint density at radius 1 is 0.952 bits per heavy atom. The van der Waals surface area contributed by atoms with E-state index in [1.807, 2.05) is 0 Å². The Hall–Kier alpha value is -0.820. The Labute approximate surface area is 131 Å². The fourth-order valence-electron chi connectivity index (χ4n) is 3.71. The lowest BCUT2D eigenvalue weighted by Gasteiger charge is -2.39. The lowest BCUT2D eigenvalue weighted by molar-refractivity contribution is 0.152. The summed E-state index contributed by atoms with van der Waals surface area (Å²) < 4.78 is 0. The summed E-state index contributed by atoms with van der Waals surface area (Å²) in [6.45, 7) is 11.8. The van der Waals surface area contributed by atoms with Crippen LogP contribution in [0.25, 0.3) is 0 Å². The first-order valence-electron chi connectivity index (χ1n) is 8.69.